The normalized spacial score (nSPS) is 12.2. The molecule has 17 heavy (non-hydrogen) atoms. The van der Waals surface area contributed by atoms with Crippen LogP contribution in [-0.4, -0.2) is 17.7 Å². The molecule has 0 saturated heterocycles. The Labute approximate surface area is 108 Å². The Hall–Kier alpha value is -0.960. The summed E-state index contributed by atoms with van der Waals surface area (Å²) in [5.74, 6) is 1.09. The SMILES string of the molecule is CCCSc1ccccc1C(=O)NC(C)CC. The van der Waals surface area contributed by atoms with E-state index in [0.717, 1.165) is 29.1 Å². The lowest BCUT2D eigenvalue weighted by Gasteiger charge is -2.13. The van der Waals surface area contributed by atoms with Gasteiger partial charge in [0.1, 0.15) is 0 Å². The smallest absolute Gasteiger partial charge is 0.252 e. The summed E-state index contributed by atoms with van der Waals surface area (Å²) in [6, 6.07) is 8.05. The van der Waals surface area contributed by atoms with Gasteiger partial charge in [0, 0.05) is 10.9 Å². The van der Waals surface area contributed by atoms with Crippen LogP contribution in [0.4, 0.5) is 0 Å². The molecule has 0 aliphatic carbocycles. The zero-order valence-corrected chi connectivity index (χ0v) is 11.6. The first-order valence-electron chi connectivity index (χ1n) is 6.21. The van der Waals surface area contributed by atoms with Gasteiger partial charge in [-0.2, -0.15) is 0 Å². The Morgan fingerprint density at radius 3 is 2.71 bits per heavy atom. The van der Waals surface area contributed by atoms with Crippen molar-refractivity contribution in [2.45, 2.75) is 44.6 Å². The van der Waals surface area contributed by atoms with Gasteiger partial charge >= 0.3 is 0 Å². The number of amides is 1. The molecule has 0 heterocycles. The van der Waals surface area contributed by atoms with Crippen LogP contribution in [0, 0.1) is 0 Å². The van der Waals surface area contributed by atoms with E-state index < -0.39 is 0 Å². The summed E-state index contributed by atoms with van der Waals surface area (Å²) in [6.45, 7) is 6.25. The fourth-order valence-electron chi connectivity index (χ4n) is 1.40. The summed E-state index contributed by atoms with van der Waals surface area (Å²) in [6.07, 6.45) is 2.07. The number of hydrogen-bond donors (Lipinski definition) is 1. The van der Waals surface area contributed by atoms with Crippen LogP contribution in [0.5, 0.6) is 0 Å². The van der Waals surface area contributed by atoms with Gasteiger partial charge in [0.15, 0.2) is 0 Å². The number of benzene rings is 1. The number of rotatable bonds is 6. The van der Waals surface area contributed by atoms with E-state index in [0.29, 0.717) is 0 Å². The molecule has 1 aromatic carbocycles. The molecule has 0 saturated carbocycles. The summed E-state index contributed by atoms with van der Waals surface area (Å²) >= 11 is 1.75. The van der Waals surface area contributed by atoms with Gasteiger partial charge in [-0.05, 0) is 37.7 Å². The highest BCUT2D eigenvalue weighted by Crippen LogP contribution is 2.23. The minimum Gasteiger partial charge on any atom is -0.350 e. The Morgan fingerprint density at radius 1 is 1.35 bits per heavy atom. The highest BCUT2D eigenvalue weighted by Gasteiger charge is 2.12. The Bertz CT molecular complexity index is 365. The maximum absolute atomic E-state index is 12.1. The van der Waals surface area contributed by atoms with Crippen molar-refractivity contribution in [2.75, 3.05) is 5.75 Å². The topological polar surface area (TPSA) is 29.1 Å². The molecule has 1 aromatic rings. The lowest BCUT2D eigenvalue weighted by molar-refractivity contribution is 0.0936. The molecule has 1 atom stereocenters. The van der Waals surface area contributed by atoms with Crippen LogP contribution in [0.25, 0.3) is 0 Å². The van der Waals surface area contributed by atoms with Crippen molar-refractivity contribution in [3.05, 3.63) is 29.8 Å². The molecule has 0 fully saturated rings. The van der Waals surface area contributed by atoms with Crippen molar-refractivity contribution in [1.82, 2.24) is 5.32 Å². The second kappa shape index (κ2) is 7.38. The van der Waals surface area contributed by atoms with Crippen molar-refractivity contribution < 1.29 is 4.79 Å². The molecule has 0 aromatic heterocycles. The summed E-state index contributed by atoms with van der Waals surface area (Å²) in [4.78, 5) is 13.2. The average Bonchev–Trinajstić information content (AvgIpc) is 2.36. The Balaban J connectivity index is 2.77. The van der Waals surface area contributed by atoms with E-state index in [1.165, 1.54) is 0 Å². The number of hydrogen-bond acceptors (Lipinski definition) is 2. The van der Waals surface area contributed by atoms with Crippen LogP contribution in [-0.2, 0) is 0 Å². The molecule has 0 spiro atoms. The van der Waals surface area contributed by atoms with Gasteiger partial charge in [-0.15, -0.1) is 11.8 Å². The minimum atomic E-state index is 0.0403. The van der Waals surface area contributed by atoms with Gasteiger partial charge in [0.05, 0.1) is 5.56 Å². The minimum absolute atomic E-state index is 0.0403. The summed E-state index contributed by atoms with van der Waals surface area (Å²) in [5, 5.41) is 3.01. The molecule has 0 radical (unpaired) electrons. The first kappa shape index (κ1) is 14.1. The third-order valence-electron chi connectivity index (χ3n) is 2.58. The van der Waals surface area contributed by atoms with Gasteiger partial charge in [-0.1, -0.05) is 26.0 Å². The van der Waals surface area contributed by atoms with Crippen molar-refractivity contribution in [2.24, 2.45) is 0 Å². The molecule has 1 amide bonds. The van der Waals surface area contributed by atoms with Crippen LogP contribution < -0.4 is 5.32 Å². The molecule has 3 heteroatoms. The summed E-state index contributed by atoms with van der Waals surface area (Å²) in [7, 11) is 0. The first-order chi connectivity index (χ1) is 8.19. The Morgan fingerprint density at radius 2 is 2.06 bits per heavy atom. The van der Waals surface area contributed by atoms with E-state index in [2.05, 4.69) is 19.2 Å². The zero-order chi connectivity index (χ0) is 12.7. The molecule has 0 aliphatic rings. The van der Waals surface area contributed by atoms with E-state index in [9.17, 15) is 4.79 Å². The number of thioether (sulfide) groups is 1. The van der Waals surface area contributed by atoms with Crippen molar-refractivity contribution in [3.63, 3.8) is 0 Å². The third kappa shape index (κ3) is 4.43. The van der Waals surface area contributed by atoms with Crippen molar-refractivity contribution in [3.8, 4) is 0 Å². The van der Waals surface area contributed by atoms with Crippen molar-refractivity contribution in [1.29, 1.82) is 0 Å². The Kier molecular flexibility index (Phi) is 6.12. The molecule has 1 rings (SSSR count). The van der Waals surface area contributed by atoms with E-state index in [-0.39, 0.29) is 11.9 Å². The van der Waals surface area contributed by atoms with Crippen LogP contribution >= 0.6 is 11.8 Å². The van der Waals surface area contributed by atoms with Crippen LogP contribution in [0.3, 0.4) is 0 Å². The molecular formula is C14H21NOS. The zero-order valence-electron chi connectivity index (χ0n) is 10.8. The van der Waals surface area contributed by atoms with Gasteiger partial charge in [-0.3, -0.25) is 4.79 Å². The number of nitrogens with one attached hydrogen (secondary N) is 1. The number of carbonyl (C=O) groups is 1. The third-order valence-corrected chi connectivity index (χ3v) is 3.86. The maximum Gasteiger partial charge on any atom is 0.252 e. The van der Waals surface area contributed by atoms with Crippen LogP contribution in [0.1, 0.15) is 44.0 Å². The molecule has 1 N–H and O–H groups in total. The lowest BCUT2D eigenvalue weighted by atomic mass is 10.2. The predicted octanol–water partition coefficient (Wildman–Crippen LogP) is 3.72. The second-order valence-electron chi connectivity index (χ2n) is 4.13. The van der Waals surface area contributed by atoms with Crippen LogP contribution in [0.15, 0.2) is 29.2 Å². The largest absolute Gasteiger partial charge is 0.350 e. The molecular weight excluding hydrogens is 230 g/mol. The standard InChI is InChI=1S/C14H21NOS/c1-4-10-17-13-9-7-6-8-12(13)14(16)15-11(3)5-2/h6-9,11H,4-5,10H2,1-3H3,(H,15,16). The molecule has 2 nitrogen and oxygen atoms in total. The average molecular weight is 251 g/mol. The van der Waals surface area contributed by atoms with Crippen LogP contribution in [0.2, 0.25) is 0 Å². The second-order valence-corrected chi connectivity index (χ2v) is 5.26. The highest BCUT2D eigenvalue weighted by molar-refractivity contribution is 7.99. The van der Waals surface area contributed by atoms with E-state index >= 15 is 0 Å². The van der Waals surface area contributed by atoms with Gasteiger partial charge in [0.2, 0.25) is 0 Å². The fourth-order valence-corrected chi connectivity index (χ4v) is 2.31. The van der Waals surface area contributed by atoms with E-state index in [4.69, 9.17) is 0 Å². The quantitative estimate of drug-likeness (QED) is 0.781. The maximum atomic E-state index is 12.1. The monoisotopic (exact) mass is 251 g/mol. The molecule has 94 valence electrons. The van der Waals surface area contributed by atoms with Gasteiger partial charge in [0.25, 0.3) is 5.91 Å². The summed E-state index contributed by atoms with van der Waals surface area (Å²) < 4.78 is 0. The van der Waals surface area contributed by atoms with E-state index in [1.54, 1.807) is 11.8 Å². The number of carbonyl (C=O) groups excluding carboxylic acids is 1. The lowest BCUT2D eigenvalue weighted by Crippen LogP contribution is -2.32. The summed E-state index contributed by atoms with van der Waals surface area (Å²) in [5.41, 5.74) is 0.797. The van der Waals surface area contributed by atoms with E-state index in [1.807, 2.05) is 31.2 Å². The predicted molar refractivity (Wildman–Crippen MR) is 74.7 cm³/mol. The van der Waals surface area contributed by atoms with Gasteiger partial charge < -0.3 is 5.32 Å². The van der Waals surface area contributed by atoms with Gasteiger partial charge in [-0.25, -0.2) is 0 Å². The van der Waals surface area contributed by atoms with Crippen molar-refractivity contribution >= 4 is 17.7 Å². The molecule has 1 unspecified atom stereocenters. The first-order valence-corrected chi connectivity index (χ1v) is 7.20. The fraction of sp³-hybridized carbons (Fsp3) is 0.500. The molecule has 0 aliphatic heterocycles. The molecule has 0 bridgehead atoms. The highest BCUT2D eigenvalue weighted by atomic mass is 32.2.